The molecule has 1 rings (SSSR count). The molecule has 0 unspecified atom stereocenters. The van der Waals surface area contributed by atoms with Crippen molar-refractivity contribution in [2.75, 3.05) is 0 Å². The molecule has 16 heavy (non-hydrogen) atoms. The van der Waals surface area contributed by atoms with Crippen molar-refractivity contribution in [3.05, 3.63) is 34.1 Å². The third kappa shape index (κ3) is 3.09. The quantitative estimate of drug-likeness (QED) is 0.801. The van der Waals surface area contributed by atoms with E-state index in [1.165, 1.54) is 19.1 Å². The second-order valence-corrected chi connectivity index (χ2v) is 3.92. The number of hydrogen-bond donors (Lipinski definition) is 1. The molecule has 0 amide bonds. The van der Waals surface area contributed by atoms with Gasteiger partial charge < -0.3 is 5.73 Å². The van der Waals surface area contributed by atoms with E-state index in [1.807, 2.05) is 0 Å². The summed E-state index contributed by atoms with van der Waals surface area (Å²) >= 11 is 5.64. The number of nitrogens with two attached hydrogens (primary N) is 1. The number of rotatable bonds is 2. The summed E-state index contributed by atoms with van der Waals surface area (Å²) in [7, 11) is 0. The van der Waals surface area contributed by atoms with Crippen LogP contribution in [-0.2, 0) is 0 Å². The van der Waals surface area contributed by atoms with Gasteiger partial charge in [-0.25, -0.2) is 4.39 Å². The van der Waals surface area contributed by atoms with Crippen LogP contribution >= 0.6 is 11.6 Å². The van der Waals surface area contributed by atoms with Crippen LogP contribution in [0.1, 0.15) is 23.6 Å². The van der Waals surface area contributed by atoms with Gasteiger partial charge >= 0.3 is 6.18 Å². The summed E-state index contributed by atoms with van der Waals surface area (Å²) < 4.78 is 49.9. The van der Waals surface area contributed by atoms with E-state index in [0.717, 1.165) is 0 Å². The van der Waals surface area contributed by atoms with Gasteiger partial charge in [-0.15, -0.1) is 0 Å². The van der Waals surface area contributed by atoms with Crippen LogP contribution in [0.15, 0.2) is 12.1 Å². The molecule has 0 heterocycles. The lowest BCUT2D eigenvalue weighted by atomic mass is 10.0. The molecule has 1 aromatic rings. The van der Waals surface area contributed by atoms with Gasteiger partial charge in [-0.05, 0) is 18.6 Å². The van der Waals surface area contributed by atoms with E-state index in [9.17, 15) is 17.6 Å². The van der Waals surface area contributed by atoms with Crippen molar-refractivity contribution >= 4 is 11.6 Å². The zero-order chi connectivity index (χ0) is 12.5. The SMILES string of the molecule is Cc1ccc(Cl)c([C@H](N)CC(F)(F)F)c1F. The summed E-state index contributed by atoms with van der Waals surface area (Å²) in [5.74, 6) is -0.774. The molecule has 0 aliphatic rings. The molecule has 0 aliphatic carbocycles. The zero-order valence-electron chi connectivity index (χ0n) is 8.41. The molecule has 0 fully saturated rings. The van der Waals surface area contributed by atoms with Crippen molar-refractivity contribution in [1.29, 1.82) is 0 Å². The van der Waals surface area contributed by atoms with E-state index in [-0.39, 0.29) is 16.1 Å². The maximum absolute atomic E-state index is 13.6. The molecule has 6 heteroatoms. The predicted molar refractivity (Wildman–Crippen MR) is 53.7 cm³/mol. The Hall–Kier alpha value is -0.810. The van der Waals surface area contributed by atoms with Gasteiger partial charge in [0.2, 0.25) is 0 Å². The molecule has 0 saturated heterocycles. The van der Waals surface area contributed by atoms with Crippen molar-refractivity contribution in [3.63, 3.8) is 0 Å². The molecule has 0 radical (unpaired) electrons. The van der Waals surface area contributed by atoms with E-state index in [4.69, 9.17) is 17.3 Å². The second kappa shape index (κ2) is 4.59. The molecule has 0 aliphatic heterocycles. The third-order valence-electron chi connectivity index (χ3n) is 2.14. The average Bonchev–Trinajstić information content (AvgIpc) is 2.09. The Morgan fingerprint density at radius 1 is 1.38 bits per heavy atom. The first-order chi connectivity index (χ1) is 7.22. The Labute approximate surface area is 95.2 Å². The Balaban J connectivity index is 3.08. The topological polar surface area (TPSA) is 26.0 Å². The molecule has 2 N–H and O–H groups in total. The van der Waals surface area contributed by atoms with Gasteiger partial charge in [0.1, 0.15) is 5.82 Å². The molecule has 0 bridgehead atoms. The first-order valence-corrected chi connectivity index (χ1v) is 4.87. The van der Waals surface area contributed by atoms with E-state index >= 15 is 0 Å². The third-order valence-corrected chi connectivity index (χ3v) is 2.47. The first kappa shape index (κ1) is 13.3. The molecule has 0 spiro atoms. The fourth-order valence-corrected chi connectivity index (χ4v) is 1.66. The van der Waals surface area contributed by atoms with Gasteiger partial charge in [-0.2, -0.15) is 13.2 Å². The summed E-state index contributed by atoms with van der Waals surface area (Å²) in [6, 6.07) is 1.25. The van der Waals surface area contributed by atoms with Crippen molar-refractivity contribution in [2.45, 2.75) is 25.6 Å². The summed E-state index contributed by atoms with van der Waals surface area (Å²) in [5, 5.41) is -0.0835. The highest BCUT2D eigenvalue weighted by molar-refractivity contribution is 6.31. The van der Waals surface area contributed by atoms with Crippen LogP contribution in [0.3, 0.4) is 0 Å². The molecule has 90 valence electrons. The van der Waals surface area contributed by atoms with Crippen LogP contribution in [0.2, 0.25) is 5.02 Å². The van der Waals surface area contributed by atoms with Gasteiger partial charge in [0.25, 0.3) is 0 Å². The largest absolute Gasteiger partial charge is 0.390 e. The van der Waals surface area contributed by atoms with E-state index in [2.05, 4.69) is 0 Å². The summed E-state index contributed by atoms with van der Waals surface area (Å²) in [6.07, 6.45) is -5.74. The van der Waals surface area contributed by atoms with Gasteiger partial charge in [-0.1, -0.05) is 17.7 Å². The number of alkyl halides is 3. The molecule has 0 aromatic heterocycles. The van der Waals surface area contributed by atoms with E-state index in [0.29, 0.717) is 0 Å². The van der Waals surface area contributed by atoms with Gasteiger partial charge in [-0.3, -0.25) is 0 Å². The highest BCUT2D eigenvalue weighted by Crippen LogP contribution is 2.33. The van der Waals surface area contributed by atoms with E-state index in [1.54, 1.807) is 0 Å². The zero-order valence-corrected chi connectivity index (χ0v) is 9.16. The fraction of sp³-hybridized carbons (Fsp3) is 0.400. The summed E-state index contributed by atoms with van der Waals surface area (Å²) in [4.78, 5) is 0. The Bertz CT molecular complexity index is 389. The van der Waals surface area contributed by atoms with Crippen LogP contribution in [-0.4, -0.2) is 6.18 Å². The Kier molecular flexibility index (Phi) is 3.80. The fourth-order valence-electron chi connectivity index (χ4n) is 1.37. The van der Waals surface area contributed by atoms with Crippen LogP contribution in [0.5, 0.6) is 0 Å². The lowest BCUT2D eigenvalue weighted by Gasteiger charge is -2.17. The average molecular weight is 256 g/mol. The minimum Gasteiger partial charge on any atom is -0.324 e. The van der Waals surface area contributed by atoms with Crippen molar-refractivity contribution in [3.8, 4) is 0 Å². The Morgan fingerprint density at radius 2 is 1.94 bits per heavy atom. The highest BCUT2D eigenvalue weighted by Gasteiger charge is 2.33. The van der Waals surface area contributed by atoms with Crippen LogP contribution in [0, 0.1) is 12.7 Å². The predicted octanol–water partition coefficient (Wildman–Crippen LogP) is 3.74. The highest BCUT2D eigenvalue weighted by atomic mass is 35.5. The van der Waals surface area contributed by atoms with Gasteiger partial charge in [0.05, 0.1) is 6.42 Å². The molecular formula is C10H10ClF4N. The maximum Gasteiger partial charge on any atom is 0.390 e. The first-order valence-electron chi connectivity index (χ1n) is 4.49. The lowest BCUT2D eigenvalue weighted by Crippen LogP contribution is -2.21. The molecule has 1 aromatic carbocycles. The molecular weight excluding hydrogens is 246 g/mol. The molecule has 1 atom stereocenters. The normalized spacial score (nSPS) is 13.9. The van der Waals surface area contributed by atoms with Crippen LogP contribution in [0.25, 0.3) is 0 Å². The Morgan fingerprint density at radius 3 is 2.44 bits per heavy atom. The van der Waals surface area contributed by atoms with Gasteiger partial charge in [0, 0.05) is 16.6 Å². The number of aryl methyl sites for hydroxylation is 1. The number of halogens is 5. The number of hydrogen-bond acceptors (Lipinski definition) is 1. The van der Waals surface area contributed by atoms with Crippen LogP contribution in [0.4, 0.5) is 17.6 Å². The van der Waals surface area contributed by atoms with Gasteiger partial charge in [0.15, 0.2) is 0 Å². The summed E-state index contributed by atoms with van der Waals surface area (Å²) in [5.41, 5.74) is 5.25. The van der Waals surface area contributed by atoms with Crippen LogP contribution < -0.4 is 5.73 Å². The number of benzene rings is 1. The molecule has 1 nitrogen and oxygen atoms in total. The standard InChI is InChI=1S/C10H10ClF4N/c1-5-2-3-6(11)8(9(5)12)7(16)4-10(13,14)15/h2-3,7H,4,16H2,1H3/t7-/m1/s1. The maximum atomic E-state index is 13.6. The van der Waals surface area contributed by atoms with Crippen molar-refractivity contribution in [1.82, 2.24) is 0 Å². The summed E-state index contributed by atoms with van der Waals surface area (Å²) in [6.45, 7) is 1.44. The van der Waals surface area contributed by atoms with Crippen molar-refractivity contribution < 1.29 is 17.6 Å². The molecule has 0 saturated carbocycles. The second-order valence-electron chi connectivity index (χ2n) is 3.52. The lowest BCUT2D eigenvalue weighted by molar-refractivity contribution is -0.138. The minimum atomic E-state index is -4.45. The van der Waals surface area contributed by atoms with Crippen molar-refractivity contribution in [2.24, 2.45) is 5.73 Å². The van der Waals surface area contributed by atoms with E-state index < -0.39 is 24.5 Å². The minimum absolute atomic E-state index is 0.0835. The monoisotopic (exact) mass is 255 g/mol. The smallest absolute Gasteiger partial charge is 0.324 e.